The van der Waals surface area contributed by atoms with Crippen LogP contribution >= 0.6 is 0 Å². The van der Waals surface area contributed by atoms with Crippen molar-refractivity contribution < 1.29 is 14.7 Å². The predicted octanol–water partition coefficient (Wildman–Crippen LogP) is 1.46. The van der Waals surface area contributed by atoms with Crippen molar-refractivity contribution in [2.75, 3.05) is 6.54 Å². The van der Waals surface area contributed by atoms with Gasteiger partial charge in [0.2, 0.25) is 5.91 Å². The third-order valence-corrected chi connectivity index (χ3v) is 1.64. The van der Waals surface area contributed by atoms with Crippen molar-refractivity contribution in [3.8, 4) is 0 Å². The number of aliphatic carboxylic acids is 1. The molecule has 0 fully saturated rings. The van der Waals surface area contributed by atoms with E-state index >= 15 is 0 Å². The smallest absolute Gasteiger partial charge is 0.322 e. The van der Waals surface area contributed by atoms with Gasteiger partial charge in [0.25, 0.3) is 0 Å². The molecule has 16 heavy (non-hydrogen) atoms. The van der Waals surface area contributed by atoms with Gasteiger partial charge in [-0.05, 0) is 5.56 Å². The highest BCUT2D eigenvalue weighted by atomic mass is 16.4. The molecule has 4 nitrogen and oxygen atoms in total. The second-order valence-corrected chi connectivity index (χ2v) is 2.83. The number of amides is 1. The number of carbonyl (C=O) groups excluding carboxylic acids is 1. The van der Waals surface area contributed by atoms with Crippen molar-refractivity contribution in [2.45, 2.75) is 20.3 Å². The highest BCUT2D eigenvalue weighted by molar-refractivity contribution is 5.82. The zero-order chi connectivity index (χ0) is 12.4. The standard InChI is InChI=1S/C10H11NO3.C2H6/c12-9(11-7-10(13)14)6-8-4-2-1-3-5-8;1-2/h1-5H,6-7H2,(H,11,12)(H,13,14);1-2H3. The second kappa shape index (κ2) is 8.47. The van der Waals surface area contributed by atoms with E-state index in [4.69, 9.17) is 5.11 Å². The molecule has 1 rings (SSSR count). The van der Waals surface area contributed by atoms with Gasteiger partial charge in [-0.15, -0.1) is 0 Å². The van der Waals surface area contributed by atoms with Crippen molar-refractivity contribution in [2.24, 2.45) is 0 Å². The van der Waals surface area contributed by atoms with Crippen LogP contribution in [0.5, 0.6) is 0 Å². The first-order chi connectivity index (χ1) is 7.68. The number of carboxylic acids is 1. The van der Waals surface area contributed by atoms with Crippen molar-refractivity contribution in [3.05, 3.63) is 35.9 Å². The lowest BCUT2D eigenvalue weighted by atomic mass is 10.1. The monoisotopic (exact) mass is 223 g/mol. The molecular formula is C12H17NO3. The maximum Gasteiger partial charge on any atom is 0.322 e. The van der Waals surface area contributed by atoms with Crippen molar-refractivity contribution in [1.82, 2.24) is 5.32 Å². The fourth-order valence-electron chi connectivity index (χ4n) is 1.02. The third kappa shape index (κ3) is 6.59. The van der Waals surface area contributed by atoms with E-state index in [1.54, 1.807) is 0 Å². The van der Waals surface area contributed by atoms with E-state index in [0.29, 0.717) is 0 Å². The number of carbonyl (C=O) groups is 2. The topological polar surface area (TPSA) is 66.4 Å². The summed E-state index contributed by atoms with van der Waals surface area (Å²) in [4.78, 5) is 21.3. The minimum Gasteiger partial charge on any atom is -0.480 e. The molecule has 1 aromatic rings. The number of nitrogens with one attached hydrogen (secondary N) is 1. The maximum absolute atomic E-state index is 11.1. The molecule has 0 spiro atoms. The van der Waals surface area contributed by atoms with E-state index in [1.807, 2.05) is 44.2 Å². The van der Waals surface area contributed by atoms with Crippen LogP contribution in [0.1, 0.15) is 19.4 Å². The number of hydrogen-bond acceptors (Lipinski definition) is 2. The number of rotatable bonds is 4. The Balaban J connectivity index is 0.00000106. The van der Waals surface area contributed by atoms with Crippen LogP contribution in [0.15, 0.2) is 30.3 Å². The van der Waals surface area contributed by atoms with E-state index in [1.165, 1.54) is 0 Å². The van der Waals surface area contributed by atoms with Gasteiger partial charge in [0.1, 0.15) is 6.54 Å². The average molecular weight is 223 g/mol. The molecule has 0 saturated carbocycles. The summed E-state index contributed by atoms with van der Waals surface area (Å²) in [6.45, 7) is 3.67. The van der Waals surface area contributed by atoms with E-state index in [9.17, 15) is 9.59 Å². The highest BCUT2D eigenvalue weighted by Crippen LogP contribution is 1.98. The Hall–Kier alpha value is -1.84. The van der Waals surface area contributed by atoms with E-state index in [2.05, 4.69) is 5.32 Å². The van der Waals surface area contributed by atoms with E-state index in [0.717, 1.165) is 5.56 Å². The Labute approximate surface area is 95.3 Å². The molecule has 0 radical (unpaired) electrons. The van der Waals surface area contributed by atoms with Gasteiger partial charge in [-0.25, -0.2) is 0 Å². The molecule has 0 heterocycles. The van der Waals surface area contributed by atoms with Gasteiger partial charge < -0.3 is 10.4 Å². The molecule has 1 aromatic carbocycles. The van der Waals surface area contributed by atoms with Crippen LogP contribution in [0.4, 0.5) is 0 Å². The Bertz CT molecular complexity index is 322. The lowest BCUT2D eigenvalue weighted by Crippen LogP contribution is -2.30. The first kappa shape index (κ1) is 14.2. The molecule has 0 unspecified atom stereocenters. The van der Waals surface area contributed by atoms with Gasteiger partial charge in [-0.1, -0.05) is 44.2 Å². The second-order valence-electron chi connectivity index (χ2n) is 2.83. The number of hydrogen-bond donors (Lipinski definition) is 2. The minimum atomic E-state index is -1.04. The Morgan fingerprint density at radius 1 is 1.19 bits per heavy atom. The van der Waals surface area contributed by atoms with E-state index < -0.39 is 5.97 Å². The van der Waals surface area contributed by atoms with Crippen LogP contribution in [0.2, 0.25) is 0 Å². The molecule has 0 saturated heterocycles. The van der Waals surface area contributed by atoms with E-state index in [-0.39, 0.29) is 18.9 Å². The fourth-order valence-corrected chi connectivity index (χ4v) is 1.02. The average Bonchev–Trinajstić information content (AvgIpc) is 2.30. The van der Waals surface area contributed by atoms with Gasteiger partial charge >= 0.3 is 5.97 Å². The first-order valence-electron chi connectivity index (χ1n) is 5.21. The molecule has 1 amide bonds. The van der Waals surface area contributed by atoms with Crippen molar-refractivity contribution >= 4 is 11.9 Å². The minimum absolute atomic E-state index is 0.216. The molecule has 0 bridgehead atoms. The Morgan fingerprint density at radius 2 is 1.75 bits per heavy atom. The largest absolute Gasteiger partial charge is 0.480 e. The number of benzene rings is 1. The van der Waals surface area contributed by atoms with Crippen LogP contribution in [0.3, 0.4) is 0 Å². The Morgan fingerprint density at radius 3 is 2.25 bits per heavy atom. The maximum atomic E-state index is 11.1. The first-order valence-corrected chi connectivity index (χ1v) is 5.21. The quantitative estimate of drug-likeness (QED) is 0.812. The normalized spacial score (nSPS) is 8.62. The molecule has 2 N–H and O–H groups in total. The molecule has 0 aliphatic rings. The van der Waals surface area contributed by atoms with Gasteiger partial charge in [0.05, 0.1) is 6.42 Å². The van der Waals surface area contributed by atoms with Crippen LogP contribution < -0.4 is 5.32 Å². The molecule has 0 aliphatic carbocycles. The van der Waals surface area contributed by atoms with Crippen LogP contribution in [-0.2, 0) is 16.0 Å². The molecule has 0 aromatic heterocycles. The molecule has 0 atom stereocenters. The van der Waals surface area contributed by atoms with Crippen LogP contribution in [0.25, 0.3) is 0 Å². The summed E-state index contributed by atoms with van der Waals surface area (Å²) in [5, 5.41) is 10.6. The summed E-state index contributed by atoms with van der Waals surface area (Å²) in [6, 6.07) is 9.17. The number of carboxylic acid groups (broad SMARTS) is 1. The summed E-state index contributed by atoms with van der Waals surface area (Å²) < 4.78 is 0. The van der Waals surface area contributed by atoms with Crippen molar-refractivity contribution in [3.63, 3.8) is 0 Å². The lowest BCUT2D eigenvalue weighted by Gasteiger charge is -2.01. The van der Waals surface area contributed by atoms with Gasteiger partial charge in [0.15, 0.2) is 0 Å². The molecule has 4 heteroatoms. The van der Waals surface area contributed by atoms with Gasteiger partial charge in [0, 0.05) is 0 Å². The molecule has 0 aliphatic heterocycles. The molecule has 88 valence electrons. The predicted molar refractivity (Wildman–Crippen MR) is 62.1 cm³/mol. The summed E-state index contributed by atoms with van der Waals surface area (Å²) in [6.07, 6.45) is 0.216. The highest BCUT2D eigenvalue weighted by Gasteiger charge is 2.03. The fraction of sp³-hybridized carbons (Fsp3) is 0.333. The van der Waals surface area contributed by atoms with Crippen LogP contribution in [0, 0.1) is 0 Å². The summed E-state index contributed by atoms with van der Waals surface area (Å²) >= 11 is 0. The molecular weight excluding hydrogens is 206 g/mol. The zero-order valence-corrected chi connectivity index (χ0v) is 9.56. The summed E-state index contributed by atoms with van der Waals surface area (Å²) in [5.41, 5.74) is 0.871. The Kier molecular flexibility index (Phi) is 7.49. The zero-order valence-electron chi connectivity index (χ0n) is 9.56. The third-order valence-electron chi connectivity index (χ3n) is 1.64. The van der Waals surface area contributed by atoms with Crippen molar-refractivity contribution in [1.29, 1.82) is 0 Å². The van der Waals surface area contributed by atoms with Crippen LogP contribution in [-0.4, -0.2) is 23.5 Å². The summed E-state index contributed by atoms with van der Waals surface area (Å²) in [7, 11) is 0. The SMILES string of the molecule is CC.O=C(O)CNC(=O)Cc1ccccc1. The van der Waals surface area contributed by atoms with Gasteiger partial charge in [-0.3, -0.25) is 9.59 Å². The summed E-state index contributed by atoms with van der Waals surface area (Å²) in [5.74, 6) is -1.31. The lowest BCUT2D eigenvalue weighted by molar-refractivity contribution is -0.137. The van der Waals surface area contributed by atoms with Gasteiger partial charge in [-0.2, -0.15) is 0 Å².